The minimum absolute atomic E-state index is 0.0310. The van der Waals surface area contributed by atoms with Crippen molar-refractivity contribution in [1.29, 1.82) is 0 Å². The number of para-hydroxylation sites is 1. The summed E-state index contributed by atoms with van der Waals surface area (Å²) in [6.45, 7) is 10.7. The van der Waals surface area contributed by atoms with Gasteiger partial charge in [-0.2, -0.15) is 0 Å². The van der Waals surface area contributed by atoms with E-state index < -0.39 is 0 Å². The Balaban J connectivity index is 1.59. The number of benzene rings is 1. The molecule has 6 nitrogen and oxygen atoms in total. The van der Waals surface area contributed by atoms with Gasteiger partial charge in [0.15, 0.2) is 0 Å². The lowest BCUT2D eigenvalue weighted by Crippen LogP contribution is -2.48. The molecule has 1 fully saturated rings. The number of rotatable bonds is 6. The molecule has 1 aliphatic heterocycles. The fraction of sp³-hybridized carbons (Fsp3) is 0.579. The fourth-order valence-electron chi connectivity index (χ4n) is 2.65. The number of carbonyl (C=O) groups is 2. The van der Waals surface area contributed by atoms with E-state index in [1.54, 1.807) is 11.8 Å². The molecule has 2 rings (SSSR count). The summed E-state index contributed by atoms with van der Waals surface area (Å²) in [6.07, 6.45) is 0.387. The fourth-order valence-corrected chi connectivity index (χ4v) is 3.28. The molecule has 144 valence electrons. The van der Waals surface area contributed by atoms with E-state index in [9.17, 15) is 9.59 Å². The van der Waals surface area contributed by atoms with Crippen LogP contribution in [0.25, 0.3) is 0 Å². The second-order valence-corrected chi connectivity index (χ2v) is 9.21. The zero-order valence-electron chi connectivity index (χ0n) is 16.0. The van der Waals surface area contributed by atoms with Crippen molar-refractivity contribution >= 4 is 29.3 Å². The van der Waals surface area contributed by atoms with Gasteiger partial charge in [-0.1, -0.05) is 39.0 Å². The molecule has 7 heteroatoms. The molecule has 0 saturated carbocycles. The van der Waals surface area contributed by atoms with Crippen LogP contribution in [0.2, 0.25) is 0 Å². The third-order valence-electron chi connectivity index (χ3n) is 4.13. The van der Waals surface area contributed by atoms with Crippen LogP contribution < -0.4 is 15.8 Å². The number of thioether (sulfide) groups is 1. The topological polar surface area (TPSA) is 64.7 Å². The number of hydrogen-bond acceptors (Lipinski definition) is 5. The Bertz CT molecular complexity index is 581. The molecule has 1 saturated heterocycles. The van der Waals surface area contributed by atoms with Gasteiger partial charge in [-0.15, -0.1) is 11.8 Å². The number of carbonyl (C=O) groups excluding carboxylic acids is 2. The van der Waals surface area contributed by atoms with Crippen molar-refractivity contribution in [3.8, 4) is 0 Å². The summed E-state index contributed by atoms with van der Waals surface area (Å²) in [5.74, 6) is 0.0185. The summed E-state index contributed by atoms with van der Waals surface area (Å²) in [6, 6.07) is 10.4. The van der Waals surface area contributed by atoms with Crippen molar-refractivity contribution in [1.82, 2.24) is 15.8 Å². The van der Waals surface area contributed by atoms with Crippen molar-refractivity contribution in [3.05, 3.63) is 30.3 Å². The summed E-state index contributed by atoms with van der Waals surface area (Å²) >= 11 is 1.55. The molecule has 1 heterocycles. The van der Waals surface area contributed by atoms with Gasteiger partial charge in [0.25, 0.3) is 0 Å². The highest BCUT2D eigenvalue weighted by atomic mass is 32.2. The molecular weight excluding hydrogens is 348 g/mol. The molecule has 1 aromatic rings. The molecule has 0 spiro atoms. The van der Waals surface area contributed by atoms with Crippen LogP contribution >= 0.6 is 11.8 Å². The first-order valence-corrected chi connectivity index (χ1v) is 10.1. The summed E-state index contributed by atoms with van der Waals surface area (Å²) in [5.41, 5.74) is 6.24. The Kier molecular flexibility index (Phi) is 7.78. The number of nitrogens with zero attached hydrogens (tertiary/aromatic N) is 2. The van der Waals surface area contributed by atoms with Crippen LogP contribution in [0.1, 0.15) is 27.2 Å². The average Bonchev–Trinajstić information content (AvgIpc) is 2.63. The monoisotopic (exact) mass is 378 g/mol. The third-order valence-corrected chi connectivity index (χ3v) is 5.40. The predicted octanol–water partition coefficient (Wildman–Crippen LogP) is 1.88. The maximum atomic E-state index is 11.9. The first-order chi connectivity index (χ1) is 12.3. The average molecular weight is 379 g/mol. The first-order valence-electron chi connectivity index (χ1n) is 9.07. The third kappa shape index (κ3) is 7.66. The minimum Gasteiger partial charge on any atom is -0.369 e. The maximum absolute atomic E-state index is 11.9. The molecule has 0 aromatic heterocycles. The summed E-state index contributed by atoms with van der Waals surface area (Å²) in [5, 5.41) is 0. The lowest BCUT2D eigenvalue weighted by Gasteiger charge is -2.36. The maximum Gasteiger partial charge on any atom is 0.248 e. The lowest BCUT2D eigenvalue weighted by molar-refractivity contribution is -0.127. The van der Waals surface area contributed by atoms with Crippen LogP contribution in [-0.2, 0) is 9.59 Å². The molecular formula is C19H30N4O2S. The number of hydrogen-bond donors (Lipinski definition) is 2. The zero-order chi connectivity index (χ0) is 19.0. The van der Waals surface area contributed by atoms with E-state index in [4.69, 9.17) is 0 Å². The van der Waals surface area contributed by atoms with Crippen LogP contribution in [0, 0.1) is 0 Å². The molecule has 1 aromatic carbocycles. The highest BCUT2D eigenvalue weighted by Crippen LogP contribution is 2.22. The Labute approximate surface area is 160 Å². The SMILES string of the molecule is CC(C)(C)SCC(=O)NNC(=O)CCN1CCN(c2ccccc2)CC1. The Morgan fingerprint density at radius 2 is 1.62 bits per heavy atom. The van der Waals surface area contributed by atoms with Gasteiger partial charge in [-0.05, 0) is 12.1 Å². The van der Waals surface area contributed by atoms with Crippen LogP contribution in [0.4, 0.5) is 5.69 Å². The van der Waals surface area contributed by atoms with E-state index >= 15 is 0 Å². The van der Waals surface area contributed by atoms with Crippen molar-refractivity contribution in [2.75, 3.05) is 43.4 Å². The highest BCUT2D eigenvalue weighted by Gasteiger charge is 2.18. The summed E-state index contributed by atoms with van der Waals surface area (Å²) in [4.78, 5) is 28.3. The van der Waals surface area contributed by atoms with Crippen LogP contribution in [-0.4, -0.2) is 59.9 Å². The van der Waals surface area contributed by atoms with Gasteiger partial charge in [-0.3, -0.25) is 25.3 Å². The molecule has 0 unspecified atom stereocenters. The molecule has 2 amide bonds. The van der Waals surface area contributed by atoms with Gasteiger partial charge in [0.05, 0.1) is 5.75 Å². The molecule has 0 atom stereocenters. The Morgan fingerprint density at radius 1 is 1.00 bits per heavy atom. The standard InChI is InChI=1S/C19H30N4O2S/c1-19(2,3)26-15-18(25)21-20-17(24)9-10-22-11-13-23(14-12-22)16-7-5-4-6-8-16/h4-8H,9-15H2,1-3H3,(H,20,24)(H,21,25). The number of hydrazine groups is 1. The van der Waals surface area contributed by atoms with Gasteiger partial charge < -0.3 is 4.90 Å². The zero-order valence-corrected chi connectivity index (χ0v) is 16.8. The second kappa shape index (κ2) is 9.83. The smallest absolute Gasteiger partial charge is 0.248 e. The Hall–Kier alpha value is -1.73. The molecule has 1 aliphatic rings. The van der Waals surface area contributed by atoms with Gasteiger partial charge in [0, 0.05) is 49.6 Å². The van der Waals surface area contributed by atoms with Crippen LogP contribution in [0.5, 0.6) is 0 Å². The van der Waals surface area contributed by atoms with E-state index in [1.807, 2.05) is 6.07 Å². The van der Waals surface area contributed by atoms with E-state index in [0.29, 0.717) is 18.7 Å². The lowest BCUT2D eigenvalue weighted by atomic mass is 10.2. The van der Waals surface area contributed by atoms with Crippen molar-refractivity contribution in [2.45, 2.75) is 31.9 Å². The van der Waals surface area contributed by atoms with Gasteiger partial charge >= 0.3 is 0 Å². The van der Waals surface area contributed by atoms with Crippen molar-refractivity contribution in [3.63, 3.8) is 0 Å². The molecule has 26 heavy (non-hydrogen) atoms. The number of nitrogens with one attached hydrogen (secondary N) is 2. The Morgan fingerprint density at radius 3 is 2.23 bits per heavy atom. The number of amides is 2. The van der Waals surface area contributed by atoms with E-state index in [2.05, 4.69) is 65.7 Å². The summed E-state index contributed by atoms with van der Waals surface area (Å²) < 4.78 is 0.0310. The first kappa shape index (κ1) is 20.6. The van der Waals surface area contributed by atoms with E-state index in [-0.39, 0.29) is 16.6 Å². The summed E-state index contributed by atoms with van der Waals surface area (Å²) in [7, 11) is 0. The normalized spacial score (nSPS) is 15.6. The molecule has 2 N–H and O–H groups in total. The van der Waals surface area contributed by atoms with Gasteiger partial charge in [0.2, 0.25) is 11.8 Å². The van der Waals surface area contributed by atoms with Gasteiger partial charge in [0.1, 0.15) is 0 Å². The van der Waals surface area contributed by atoms with Gasteiger partial charge in [-0.25, -0.2) is 0 Å². The molecule has 0 radical (unpaired) electrons. The van der Waals surface area contributed by atoms with E-state index in [0.717, 1.165) is 26.2 Å². The molecule has 0 bridgehead atoms. The van der Waals surface area contributed by atoms with Crippen molar-refractivity contribution in [2.24, 2.45) is 0 Å². The number of anilines is 1. The predicted molar refractivity (Wildman–Crippen MR) is 108 cm³/mol. The molecule has 0 aliphatic carbocycles. The largest absolute Gasteiger partial charge is 0.369 e. The second-order valence-electron chi connectivity index (χ2n) is 7.41. The minimum atomic E-state index is -0.172. The van der Waals surface area contributed by atoms with E-state index in [1.165, 1.54) is 5.69 Å². The van der Waals surface area contributed by atoms with Crippen molar-refractivity contribution < 1.29 is 9.59 Å². The van der Waals surface area contributed by atoms with Crippen LogP contribution in [0.3, 0.4) is 0 Å². The number of piperazine rings is 1. The highest BCUT2D eigenvalue weighted by molar-refractivity contribution is 8.01. The van der Waals surface area contributed by atoms with Crippen LogP contribution in [0.15, 0.2) is 30.3 Å². The quantitative estimate of drug-likeness (QED) is 0.740.